The molecule has 0 atom stereocenters. The van der Waals surface area contributed by atoms with Crippen LogP contribution in [0.1, 0.15) is 9.67 Å². The van der Waals surface area contributed by atoms with Crippen LogP contribution in [0.15, 0.2) is 17.5 Å². The number of hydrogen-bond donors (Lipinski definition) is 2. The fraction of sp³-hybridized carbons (Fsp3) is 0.500. The van der Waals surface area contributed by atoms with E-state index in [1.807, 2.05) is 17.5 Å². The van der Waals surface area contributed by atoms with Crippen molar-refractivity contribution in [1.29, 1.82) is 0 Å². The van der Waals surface area contributed by atoms with E-state index in [9.17, 15) is 4.79 Å². The predicted molar refractivity (Wildman–Crippen MR) is 68.6 cm³/mol. The third kappa shape index (κ3) is 6.07. The highest BCUT2D eigenvalue weighted by Gasteiger charge is 2.03. The quantitative estimate of drug-likeness (QED) is 0.726. The van der Waals surface area contributed by atoms with Gasteiger partial charge in [-0.2, -0.15) is 0 Å². The van der Waals surface area contributed by atoms with Crippen LogP contribution in [0, 0.1) is 0 Å². The number of hydrogen-bond acceptors (Lipinski definition) is 4. The first-order chi connectivity index (χ1) is 7.34. The van der Waals surface area contributed by atoms with Gasteiger partial charge >= 0.3 is 0 Å². The van der Waals surface area contributed by atoms with Crippen LogP contribution >= 0.6 is 23.7 Å². The van der Waals surface area contributed by atoms with Crippen molar-refractivity contribution in [1.82, 2.24) is 10.6 Å². The van der Waals surface area contributed by atoms with E-state index in [0.717, 1.165) is 18.0 Å². The van der Waals surface area contributed by atoms with E-state index in [4.69, 9.17) is 4.74 Å². The van der Waals surface area contributed by atoms with Gasteiger partial charge in [0.1, 0.15) is 0 Å². The molecule has 0 spiro atoms. The molecular weight excluding hydrogens is 248 g/mol. The van der Waals surface area contributed by atoms with Crippen molar-refractivity contribution in [3.05, 3.63) is 22.4 Å². The minimum atomic E-state index is -0.00135. The molecule has 0 radical (unpaired) electrons. The standard InChI is InChI=1S/C10H16N2O2S.ClH/c1-14-7-6-11-4-5-12-10(13)9-3-2-8-15-9;/h2-3,8,11H,4-7H2,1H3,(H,12,13);1H. The lowest BCUT2D eigenvalue weighted by atomic mass is 10.4. The van der Waals surface area contributed by atoms with Gasteiger partial charge < -0.3 is 15.4 Å². The first-order valence-electron chi connectivity index (χ1n) is 4.86. The Labute approximate surface area is 106 Å². The number of amides is 1. The van der Waals surface area contributed by atoms with Gasteiger partial charge in [-0.1, -0.05) is 6.07 Å². The van der Waals surface area contributed by atoms with Crippen LogP contribution < -0.4 is 10.6 Å². The zero-order chi connectivity index (χ0) is 10.9. The maximum absolute atomic E-state index is 11.4. The molecule has 0 saturated heterocycles. The summed E-state index contributed by atoms with van der Waals surface area (Å²) >= 11 is 1.45. The van der Waals surface area contributed by atoms with Crippen LogP contribution in [0.2, 0.25) is 0 Å². The first kappa shape index (κ1) is 15.4. The molecule has 1 aromatic rings. The number of rotatable bonds is 7. The Morgan fingerprint density at radius 1 is 1.44 bits per heavy atom. The summed E-state index contributed by atoms with van der Waals surface area (Å²) in [5, 5.41) is 7.88. The number of carbonyl (C=O) groups excluding carboxylic acids is 1. The summed E-state index contributed by atoms with van der Waals surface area (Å²) in [5.74, 6) is -0.00135. The maximum atomic E-state index is 11.4. The van der Waals surface area contributed by atoms with E-state index >= 15 is 0 Å². The predicted octanol–water partition coefficient (Wildman–Crippen LogP) is 1.14. The highest BCUT2D eigenvalue weighted by molar-refractivity contribution is 7.12. The summed E-state index contributed by atoms with van der Waals surface area (Å²) < 4.78 is 4.88. The Hall–Kier alpha value is -0.620. The Morgan fingerprint density at radius 3 is 2.88 bits per heavy atom. The number of ether oxygens (including phenoxy) is 1. The van der Waals surface area contributed by atoms with Crippen LogP contribution in [-0.2, 0) is 4.74 Å². The number of nitrogens with one attached hydrogen (secondary N) is 2. The summed E-state index contributed by atoms with van der Waals surface area (Å²) in [6, 6.07) is 3.69. The molecule has 0 bridgehead atoms. The second-order valence-corrected chi connectivity index (χ2v) is 3.92. The fourth-order valence-electron chi connectivity index (χ4n) is 1.06. The molecule has 0 aliphatic heterocycles. The number of thiophene rings is 1. The zero-order valence-electron chi connectivity index (χ0n) is 9.19. The Balaban J connectivity index is 0.00000225. The molecule has 1 rings (SSSR count). The average Bonchev–Trinajstić information content (AvgIpc) is 2.76. The molecule has 0 saturated carbocycles. The van der Waals surface area contributed by atoms with Crippen LogP contribution in [0.5, 0.6) is 0 Å². The molecule has 0 fully saturated rings. The number of carbonyl (C=O) groups is 1. The fourth-order valence-corrected chi connectivity index (χ4v) is 1.70. The van der Waals surface area contributed by atoms with Gasteiger partial charge in [0, 0.05) is 26.7 Å². The van der Waals surface area contributed by atoms with Crippen molar-refractivity contribution in [3.8, 4) is 0 Å². The lowest BCUT2D eigenvalue weighted by molar-refractivity contribution is 0.0958. The summed E-state index contributed by atoms with van der Waals surface area (Å²) in [5.41, 5.74) is 0. The van der Waals surface area contributed by atoms with Crippen LogP contribution in [0.4, 0.5) is 0 Å². The lowest BCUT2D eigenvalue weighted by Gasteiger charge is -2.05. The summed E-state index contributed by atoms with van der Waals surface area (Å²) in [6.07, 6.45) is 0. The SMILES string of the molecule is COCCNCCNC(=O)c1cccs1.Cl. The monoisotopic (exact) mass is 264 g/mol. The normalized spacial score (nSPS) is 9.56. The third-order valence-electron chi connectivity index (χ3n) is 1.82. The van der Waals surface area contributed by atoms with Gasteiger partial charge in [-0.15, -0.1) is 23.7 Å². The van der Waals surface area contributed by atoms with E-state index in [2.05, 4.69) is 10.6 Å². The van der Waals surface area contributed by atoms with E-state index in [-0.39, 0.29) is 18.3 Å². The number of halogens is 1. The largest absolute Gasteiger partial charge is 0.383 e. The van der Waals surface area contributed by atoms with Gasteiger partial charge in [0.15, 0.2) is 0 Å². The van der Waals surface area contributed by atoms with E-state index in [0.29, 0.717) is 13.2 Å². The zero-order valence-corrected chi connectivity index (χ0v) is 10.8. The van der Waals surface area contributed by atoms with Crippen molar-refractivity contribution >= 4 is 29.7 Å². The molecule has 0 unspecified atom stereocenters. The molecule has 0 aliphatic carbocycles. The minimum absolute atomic E-state index is 0. The van der Waals surface area contributed by atoms with Gasteiger partial charge in [0.05, 0.1) is 11.5 Å². The molecule has 1 aromatic heterocycles. The molecule has 1 amide bonds. The van der Waals surface area contributed by atoms with Crippen LogP contribution in [-0.4, -0.2) is 39.3 Å². The van der Waals surface area contributed by atoms with E-state index < -0.39 is 0 Å². The highest BCUT2D eigenvalue weighted by atomic mass is 35.5. The minimum Gasteiger partial charge on any atom is -0.383 e. The van der Waals surface area contributed by atoms with Crippen LogP contribution in [0.25, 0.3) is 0 Å². The smallest absolute Gasteiger partial charge is 0.261 e. The van der Waals surface area contributed by atoms with E-state index in [1.165, 1.54) is 11.3 Å². The maximum Gasteiger partial charge on any atom is 0.261 e. The molecule has 0 aromatic carbocycles. The molecule has 16 heavy (non-hydrogen) atoms. The molecule has 0 aliphatic rings. The highest BCUT2D eigenvalue weighted by Crippen LogP contribution is 2.07. The van der Waals surface area contributed by atoms with Gasteiger partial charge in [-0.3, -0.25) is 4.79 Å². The molecule has 1 heterocycles. The molecular formula is C10H17ClN2O2S. The van der Waals surface area contributed by atoms with Gasteiger partial charge in [-0.25, -0.2) is 0 Å². The molecule has 6 heteroatoms. The summed E-state index contributed by atoms with van der Waals surface area (Å²) in [7, 11) is 1.67. The Kier molecular flexibility index (Phi) is 9.22. The third-order valence-corrected chi connectivity index (χ3v) is 2.68. The topological polar surface area (TPSA) is 50.4 Å². The van der Waals surface area contributed by atoms with Crippen LogP contribution in [0.3, 0.4) is 0 Å². The van der Waals surface area contributed by atoms with E-state index in [1.54, 1.807) is 7.11 Å². The van der Waals surface area contributed by atoms with Crippen molar-refractivity contribution in [2.45, 2.75) is 0 Å². The van der Waals surface area contributed by atoms with Crippen molar-refractivity contribution in [2.24, 2.45) is 0 Å². The first-order valence-corrected chi connectivity index (χ1v) is 5.74. The van der Waals surface area contributed by atoms with Gasteiger partial charge in [0.25, 0.3) is 5.91 Å². The summed E-state index contributed by atoms with van der Waals surface area (Å²) in [6.45, 7) is 2.91. The Morgan fingerprint density at radius 2 is 2.25 bits per heavy atom. The second kappa shape index (κ2) is 9.59. The average molecular weight is 265 g/mol. The van der Waals surface area contributed by atoms with Crippen molar-refractivity contribution in [2.75, 3.05) is 33.4 Å². The Bertz CT molecular complexity index is 280. The van der Waals surface area contributed by atoms with Gasteiger partial charge in [-0.05, 0) is 11.4 Å². The number of methoxy groups -OCH3 is 1. The lowest BCUT2D eigenvalue weighted by Crippen LogP contribution is -2.32. The molecule has 4 nitrogen and oxygen atoms in total. The van der Waals surface area contributed by atoms with Gasteiger partial charge in [0.2, 0.25) is 0 Å². The summed E-state index contributed by atoms with van der Waals surface area (Å²) in [4.78, 5) is 12.2. The molecule has 92 valence electrons. The van der Waals surface area contributed by atoms with Crippen molar-refractivity contribution in [3.63, 3.8) is 0 Å². The van der Waals surface area contributed by atoms with Crippen molar-refractivity contribution < 1.29 is 9.53 Å². The molecule has 2 N–H and O–H groups in total. The second-order valence-electron chi connectivity index (χ2n) is 2.98.